The van der Waals surface area contributed by atoms with Crippen molar-refractivity contribution in [2.45, 2.75) is 5.92 Å². The molecule has 1 atom stereocenters. The average Bonchev–Trinajstić information content (AvgIpc) is 2.08. The Morgan fingerprint density at radius 3 is 2.50 bits per heavy atom. The van der Waals surface area contributed by atoms with Crippen LogP contribution in [0.5, 0.6) is 0 Å². The number of hydrogen-bond donors (Lipinski definition) is 0. The van der Waals surface area contributed by atoms with E-state index in [0.29, 0.717) is 0 Å². The first kappa shape index (κ1) is 10.2. The molecule has 3 heteroatoms. The van der Waals surface area contributed by atoms with Crippen molar-refractivity contribution in [2.24, 2.45) is 0 Å². The van der Waals surface area contributed by atoms with Crippen LogP contribution in [0.4, 0.5) is 4.39 Å². The number of alkyl halides is 1. The molecule has 0 bridgehead atoms. The van der Waals surface area contributed by atoms with Gasteiger partial charge in [0.1, 0.15) is 0 Å². The summed E-state index contributed by atoms with van der Waals surface area (Å²) in [5, 5.41) is 0. The van der Waals surface area contributed by atoms with Crippen molar-refractivity contribution >= 4 is 31.9 Å². The summed E-state index contributed by atoms with van der Waals surface area (Å²) in [4.78, 5) is 0. The largest absolute Gasteiger partial charge is 0.250 e. The van der Waals surface area contributed by atoms with Crippen LogP contribution in [0.15, 0.2) is 27.1 Å². The van der Waals surface area contributed by atoms with Crippen molar-refractivity contribution in [1.82, 2.24) is 0 Å². The highest BCUT2D eigenvalue weighted by Crippen LogP contribution is 2.27. The van der Waals surface area contributed by atoms with Gasteiger partial charge >= 0.3 is 0 Å². The molecule has 0 spiro atoms. The number of benzene rings is 1. The number of rotatable bonds is 2. The van der Waals surface area contributed by atoms with E-state index in [1.807, 2.05) is 18.2 Å². The number of halogens is 3. The SMILES string of the molecule is [CH2]C(CF)c1ccc(Br)c(Br)c1. The molecule has 0 amide bonds. The van der Waals surface area contributed by atoms with Gasteiger partial charge in [-0.3, -0.25) is 4.39 Å². The smallest absolute Gasteiger partial charge is 0.0962 e. The minimum absolute atomic E-state index is 0.269. The maximum absolute atomic E-state index is 12.2. The van der Waals surface area contributed by atoms with E-state index in [9.17, 15) is 4.39 Å². The molecule has 12 heavy (non-hydrogen) atoms. The summed E-state index contributed by atoms with van der Waals surface area (Å²) < 4.78 is 14.1. The van der Waals surface area contributed by atoms with Gasteiger partial charge in [0.2, 0.25) is 0 Å². The zero-order valence-electron chi connectivity index (χ0n) is 6.36. The van der Waals surface area contributed by atoms with Crippen LogP contribution < -0.4 is 0 Å². The molecule has 0 aliphatic heterocycles. The molecular weight excluding hydrogens is 287 g/mol. The minimum Gasteiger partial charge on any atom is -0.250 e. The monoisotopic (exact) mass is 293 g/mol. The third kappa shape index (κ3) is 2.30. The Kier molecular flexibility index (Phi) is 3.72. The average molecular weight is 295 g/mol. The fourth-order valence-corrected chi connectivity index (χ4v) is 1.50. The predicted octanol–water partition coefficient (Wildman–Crippen LogP) is 4.10. The second kappa shape index (κ2) is 4.38. The Hall–Kier alpha value is 0.110. The van der Waals surface area contributed by atoms with Gasteiger partial charge in [-0.15, -0.1) is 0 Å². The van der Waals surface area contributed by atoms with E-state index >= 15 is 0 Å². The van der Waals surface area contributed by atoms with E-state index < -0.39 is 6.67 Å². The Bertz CT molecular complexity index is 273. The third-order valence-electron chi connectivity index (χ3n) is 1.60. The molecule has 0 heterocycles. The van der Waals surface area contributed by atoms with Crippen LogP contribution in [0.1, 0.15) is 11.5 Å². The summed E-state index contributed by atoms with van der Waals surface area (Å²) in [6.07, 6.45) is 0. The van der Waals surface area contributed by atoms with Crippen LogP contribution in [-0.4, -0.2) is 6.67 Å². The van der Waals surface area contributed by atoms with E-state index in [1.54, 1.807) is 0 Å². The zero-order chi connectivity index (χ0) is 9.14. The highest BCUT2D eigenvalue weighted by molar-refractivity contribution is 9.13. The van der Waals surface area contributed by atoms with E-state index in [1.165, 1.54) is 0 Å². The molecule has 1 aromatic carbocycles. The summed E-state index contributed by atoms with van der Waals surface area (Å²) in [6, 6.07) is 5.63. The second-order valence-corrected chi connectivity index (χ2v) is 4.23. The van der Waals surface area contributed by atoms with Crippen molar-refractivity contribution in [3.63, 3.8) is 0 Å². The van der Waals surface area contributed by atoms with Crippen molar-refractivity contribution in [1.29, 1.82) is 0 Å². The standard InChI is InChI=1S/C9H8Br2F/c1-6(5-12)7-2-3-8(10)9(11)4-7/h2-4,6H,1,5H2. The summed E-state index contributed by atoms with van der Waals surface area (Å²) >= 11 is 6.69. The molecular formula is C9H8Br2F. The lowest BCUT2D eigenvalue weighted by atomic mass is 10.0. The quantitative estimate of drug-likeness (QED) is 0.770. The van der Waals surface area contributed by atoms with Gasteiger partial charge in [-0.05, 0) is 56.5 Å². The van der Waals surface area contributed by atoms with Gasteiger partial charge < -0.3 is 0 Å². The zero-order valence-corrected chi connectivity index (χ0v) is 9.53. The van der Waals surface area contributed by atoms with Crippen molar-refractivity contribution in [3.8, 4) is 0 Å². The number of hydrogen-bond acceptors (Lipinski definition) is 0. The summed E-state index contributed by atoms with van der Waals surface area (Å²) in [6.45, 7) is 3.26. The molecule has 1 radical (unpaired) electrons. The summed E-state index contributed by atoms with van der Waals surface area (Å²) in [5.41, 5.74) is 0.910. The maximum Gasteiger partial charge on any atom is 0.0962 e. The normalized spacial score (nSPS) is 13.0. The van der Waals surface area contributed by atoms with E-state index in [2.05, 4.69) is 38.8 Å². The van der Waals surface area contributed by atoms with E-state index in [0.717, 1.165) is 14.5 Å². The van der Waals surface area contributed by atoms with Gasteiger partial charge in [0.05, 0.1) is 6.67 Å². The second-order valence-electron chi connectivity index (χ2n) is 2.52. The Morgan fingerprint density at radius 2 is 2.00 bits per heavy atom. The topological polar surface area (TPSA) is 0 Å². The molecule has 0 N–H and O–H groups in total. The van der Waals surface area contributed by atoms with Gasteiger partial charge in [-0.1, -0.05) is 6.07 Å². The van der Waals surface area contributed by atoms with E-state index in [-0.39, 0.29) is 5.92 Å². The molecule has 65 valence electrons. The van der Waals surface area contributed by atoms with Crippen molar-refractivity contribution in [3.05, 3.63) is 39.6 Å². The maximum atomic E-state index is 12.2. The molecule has 0 aromatic heterocycles. The summed E-state index contributed by atoms with van der Waals surface area (Å²) in [5.74, 6) is -0.269. The molecule has 0 saturated heterocycles. The molecule has 0 saturated carbocycles. The van der Waals surface area contributed by atoms with Crippen LogP contribution in [0.2, 0.25) is 0 Å². The Labute approximate surface area is 88.4 Å². The Morgan fingerprint density at radius 1 is 1.33 bits per heavy atom. The van der Waals surface area contributed by atoms with Crippen LogP contribution in [-0.2, 0) is 0 Å². The lowest BCUT2D eigenvalue weighted by Crippen LogP contribution is -1.95. The molecule has 0 fully saturated rings. The first-order chi connectivity index (χ1) is 5.65. The van der Waals surface area contributed by atoms with Crippen LogP contribution in [0, 0.1) is 6.92 Å². The van der Waals surface area contributed by atoms with Crippen LogP contribution in [0.3, 0.4) is 0 Å². The van der Waals surface area contributed by atoms with Gasteiger partial charge in [-0.2, -0.15) is 0 Å². The molecule has 0 nitrogen and oxygen atoms in total. The van der Waals surface area contributed by atoms with E-state index in [4.69, 9.17) is 0 Å². The molecule has 0 aliphatic carbocycles. The molecule has 1 unspecified atom stereocenters. The van der Waals surface area contributed by atoms with Gasteiger partial charge in [-0.25, -0.2) is 0 Å². The molecule has 1 aromatic rings. The van der Waals surface area contributed by atoms with Gasteiger partial charge in [0.15, 0.2) is 0 Å². The van der Waals surface area contributed by atoms with Crippen molar-refractivity contribution < 1.29 is 4.39 Å². The predicted molar refractivity (Wildman–Crippen MR) is 55.9 cm³/mol. The fourth-order valence-electron chi connectivity index (χ4n) is 0.855. The lowest BCUT2D eigenvalue weighted by molar-refractivity contribution is 0.465. The fraction of sp³-hybridized carbons (Fsp3) is 0.222. The first-order valence-electron chi connectivity index (χ1n) is 3.49. The highest BCUT2D eigenvalue weighted by Gasteiger charge is 2.06. The summed E-state index contributed by atoms with van der Waals surface area (Å²) in [7, 11) is 0. The Balaban J connectivity index is 2.96. The van der Waals surface area contributed by atoms with Crippen LogP contribution in [0.25, 0.3) is 0 Å². The lowest BCUT2D eigenvalue weighted by Gasteiger charge is -2.07. The first-order valence-corrected chi connectivity index (χ1v) is 5.07. The molecule has 0 aliphatic rings. The van der Waals surface area contributed by atoms with Gasteiger partial charge in [0.25, 0.3) is 0 Å². The highest BCUT2D eigenvalue weighted by atomic mass is 79.9. The van der Waals surface area contributed by atoms with Crippen LogP contribution >= 0.6 is 31.9 Å². The molecule has 1 rings (SSSR count). The third-order valence-corrected chi connectivity index (χ3v) is 3.48. The minimum atomic E-state index is -0.423. The van der Waals surface area contributed by atoms with Crippen molar-refractivity contribution in [2.75, 3.05) is 6.67 Å². The van der Waals surface area contributed by atoms with Gasteiger partial charge in [0, 0.05) is 14.9 Å².